The van der Waals surface area contributed by atoms with Gasteiger partial charge in [-0.15, -0.1) is 11.3 Å². The molecule has 0 saturated carbocycles. The number of urea groups is 1. The quantitative estimate of drug-likeness (QED) is 0.228. The summed E-state index contributed by atoms with van der Waals surface area (Å²) in [6, 6.07) is -0.802. The Morgan fingerprint density at radius 3 is 2.15 bits per heavy atom. The maximum atomic E-state index is 13.6. The normalized spacial score (nSPS) is 15.2. The van der Waals surface area contributed by atoms with Crippen molar-refractivity contribution in [1.82, 2.24) is 15.1 Å². The number of primary amides is 1. The van der Waals surface area contributed by atoms with Crippen molar-refractivity contribution in [3.05, 3.63) is 16.0 Å². The topological polar surface area (TPSA) is 134 Å². The minimum Gasteiger partial charge on any atom is -0.456 e. The molecule has 2 rings (SSSR count). The van der Waals surface area contributed by atoms with Gasteiger partial charge in [-0.2, -0.15) is 0 Å². The summed E-state index contributed by atoms with van der Waals surface area (Å²) >= 11 is 1.09. The van der Waals surface area contributed by atoms with Crippen LogP contribution < -0.4 is 16.4 Å². The van der Waals surface area contributed by atoms with E-state index in [9.17, 15) is 19.2 Å². The number of amides is 4. The molecule has 4 amide bonds. The van der Waals surface area contributed by atoms with Crippen LogP contribution in [0.25, 0.3) is 0 Å². The van der Waals surface area contributed by atoms with Crippen LogP contribution in [0.15, 0.2) is 0 Å². The zero-order chi connectivity index (χ0) is 30.0. The lowest BCUT2D eigenvalue weighted by molar-refractivity contribution is -0.125. The van der Waals surface area contributed by atoms with Crippen molar-refractivity contribution >= 4 is 40.2 Å². The number of nitrogens with one attached hydrogen (secondary N) is 2. The molecule has 1 atom stereocenters. The highest BCUT2D eigenvalue weighted by molar-refractivity contribution is 7.18. The second kappa shape index (κ2) is 15.4. The van der Waals surface area contributed by atoms with Crippen molar-refractivity contribution in [3.8, 4) is 0 Å². The fourth-order valence-electron chi connectivity index (χ4n) is 4.91. The number of nitrogens with two attached hydrogens (primary N) is 1. The molecule has 1 saturated heterocycles. The number of thiophene rings is 1. The number of ether oxygens (including phenoxy) is 1. The maximum absolute atomic E-state index is 13.6. The number of carbonyl (C=O) groups is 4. The largest absolute Gasteiger partial charge is 0.456 e. The van der Waals surface area contributed by atoms with Gasteiger partial charge >= 0.3 is 12.0 Å². The van der Waals surface area contributed by atoms with Gasteiger partial charge in [0.25, 0.3) is 5.91 Å². The number of esters is 1. The molecule has 40 heavy (non-hydrogen) atoms. The standard InChI is InChI=1S/C29H49N5O5S/c1-8-9-10-11-12-13-14-31-28(38)32-25-21(27(37)39-29(5,6)7)20(4)23(40-25)26(36)34-17-15-33(16-18-34)22(19(2)3)24(30)35/h19,22H,8-18H2,1-7H3,(H2,30,35)(H2,31,32,38). The Kier molecular flexibility index (Phi) is 12.9. The van der Waals surface area contributed by atoms with Crippen LogP contribution in [0.2, 0.25) is 0 Å². The van der Waals surface area contributed by atoms with E-state index in [1.54, 1.807) is 32.6 Å². The van der Waals surface area contributed by atoms with Crippen molar-refractivity contribution in [2.75, 3.05) is 38.0 Å². The lowest BCUT2D eigenvalue weighted by atomic mass is 10.0. The molecular formula is C29H49N5O5S. The third-order valence-electron chi connectivity index (χ3n) is 6.90. The number of carbonyl (C=O) groups excluding carboxylic acids is 4. The molecule has 0 aliphatic carbocycles. The Hall–Kier alpha value is -2.66. The molecule has 1 aromatic heterocycles. The third kappa shape index (κ3) is 9.76. The highest BCUT2D eigenvalue weighted by atomic mass is 32.1. The van der Waals surface area contributed by atoms with E-state index in [1.807, 2.05) is 18.7 Å². The molecule has 11 heteroatoms. The first-order valence-electron chi connectivity index (χ1n) is 14.5. The highest BCUT2D eigenvalue weighted by Gasteiger charge is 2.34. The van der Waals surface area contributed by atoms with E-state index in [1.165, 1.54) is 19.3 Å². The maximum Gasteiger partial charge on any atom is 0.341 e. The van der Waals surface area contributed by atoms with Crippen molar-refractivity contribution in [1.29, 1.82) is 0 Å². The Balaban J connectivity index is 2.15. The minimum absolute atomic E-state index is 0.0662. The van der Waals surface area contributed by atoms with Gasteiger partial charge < -0.3 is 20.7 Å². The Morgan fingerprint density at radius 1 is 1.00 bits per heavy atom. The first kappa shape index (κ1) is 33.5. The molecular weight excluding hydrogens is 530 g/mol. The summed E-state index contributed by atoms with van der Waals surface area (Å²) in [5.74, 6) is -1.10. The van der Waals surface area contributed by atoms with Crippen molar-refractivity contribution in [3.63, 3.8) is 0 Å². The number of hydrogen-bond acceptors (Lipinski definition) is 7. The monoisotopic (exact) mass is 579 g/mol. The molecule has 1 fully saturated rings. The van der Waals surface area contributed by atoms with Crippen LogP contribution in [0, 0.1) is 12.8 Å². The fraction of sp³-hybridized carbons (Fsp3) is 0.724. The van der Waals surface area contributed by atoms with Gasteiger partial charge in [-0.05, 0) is 45.6 Å². The van der Waals surface area contributed by atoms with Gasteiger partial charge in [0.05, 0.1) is 16.5 Å². The summed E-state index contributed by atoms with van der Waals surface area (Å²) in [6.45, 7) is 15.5. The predicted molar refractivity (Wildman–Crippen MR) is 160 cm³/mol. The van der Waals surface area contributed by atoms with Crippen LogP contribution in [-0.4, -0.2) is 78.0 Å². The summed E-state index contributed by atoms with van der Waals surface area (Å²) in [6.07, 6.45) is 6.68. The summed E-state index contributed by atoms with van der Waals surface area (Å²) in [5.41, 5.74) is 5.57. The lowest BCUT2D eigenvalue weighted by Crippen LogP contribution is -2.56. The molecule has 2 heterocycles. The molecule has 0 spiro atoms. The van der Waals surface area contributed by atoms with Gasteiger partial charge in [-0.25, -0.2) is 9.59 Å². The number of anilines is 1. The van der Waals surface area contributed by atoms with E-state index in [0.717, 1.165) is 30.6 Å². The fourth-order valence-corrected chi connectivity index (χ4v) is 6.07. The van der Waals surface area contributed by atoms with E-state index in [2.05, 4.69) is 17.6 Å². The van der Waals surface area contributed by atoms with Crippen LogP contribution in [0.3, 0.4) is 0 Å². The van der Waals surface area contributed by atoms with Crippen LogP contribution in [0.1, 0.15) is 106 Å². The van der Waals surface area contributed by atoms with Crippen molar-refractivity contribution in [2.24, 2.45) is 11.7 Å². The van der Waals surface area contributed by atoms with Crippen molar-refractivity contribution < 1.29 is 23.9 Å². The van der Waals surface area contributed by atoms with Gasteiger partial charge in [0.1, 0.15) is 10.6 Å². The number of unbranched alkanes of at least 4 members (excludes halogenated alkanes) is 5. The number of piperazine rings is 1. The molecule has 0 aromatic carbocycles. The van der Waals surface area contributed by atoms with Crippen LogP contribution in [-0.2, 0) is 9.53 Å². The summed E-state index contributed by atoms with van der Waals surface area (Å²) < 4.78 is 5.62. The Labute approximate surface area is 243 Å². The molecule has 226 valence electrons. The zero-order valence-electron chi connectivity index (χ0n) is 25.4. The first-order valence-corrected chi connectivity index (χ1v) is 15.3. The van der Waals surface area contributed by atoms with Crippen LogP contribution in [0.4, 0.5) is 9.80 Å². The van der Waals surface area contributed by atoms with Gasteiger partial charge in [0.15, 0.2) is 0 Å². The second-order valence-electron chi connectivity index (χ2n) is 11.8. The molecule has 1 aliphatic rings. The molecule has 1 aliphatic heterocycles. The average molecular weight is 580 g/mol. The molecule has 1 aromatic rings. The molecule has 1 unspecified atom stereocenters. The van der Waals surface area contributed by atoms with Crippen molar-refractivity contribution in [2.45, 2.75) is 98.6 Å². The van der Waals surface area contributed by atoms with E-state index in [0.29, 0.717) is 48.2 Å². The molecule has 4 N–H and O–H groups in total. The van der Waals surface area contributed by atoms with Crippen LogP contribution in [0.5, 0.6) is 0 Å². The minimum atomic E-state index is -0.739. The average Bonchev–Trinajstić information content (AvgIpc) is 3.17. The van der Waals surface area contributed by atoms with Gasteiger partial charge in [-0.3, -0.25) is 19.8 Å². The second-order valence-corrected chi connectivity index (χ2v) is 12.9. The van der Waals surface area contributed by atoms with E-state index >= 15 is 0 Å². The molecule has 10 nitrogen and oxygen atoms in total. The summed E-state index contributed by atoms with van der Waals surface area (Å²) in [5, 5.41) is 5.94. The summed E-state index contributed by atoms with van der Waals surface area (Å²) in [4.78, 5) is 55.5. The smallest absolute Gasteiger partial charge is 0.341 e. The van der Waals surface area contributed by atoms with E-state index in [-0.39, 0.29) is 29.3 Å². The van der Waals surface area contributed by atoms with E-state index in [4.69, 9.17) is 10.5 Å². The molecule has 0 bridgehead atoms. The number of hydrogen-bond donors (Lipinski definition) is 3. The third-order valence-corrected chi connectivity index (χ3v) is 8.10. The SMILES string of the molecule is CCCCCCCCNC(=O)Nc1sc(C(=O)N2CCN(C(C(N)=O)C(C)C)CC2)c(C)c1C(=O)OC(C)(C)C. The predicted octanol–water partition coefficient (Wildman–Crippen LogP) is 4.76. The number of nitrogens with zero attached hydrogens (tertiary/aromatic N) is 2. The van der Waals surface area contributed by atoms with E-state index < -0.39 is 17.6 Å². The van der Waals surface area contributed by atoms with Gasteiger partial charge in [-0.1, -0.05) is 52.9 Å². The number of rotatable bonds is 13. The summed E-state index contributed by atoms with van der Waals surface area (Å²) in [7, 11) is 0. The Bertz CT molecular complexity index is 1020. The van der Waals surface area contributed by atoms with Gasteiger partial charge in [0.2, 0.25) is 5.91 Å². The molecule has 0 radical (unpaired) electrons. The van der Waals surface area contributed by atoms with Crippen LogP contribution >= 0.6 is 11.3 Å². The lowest BCUT2D eigenvalue weighted by Gasteiger charge is -2.39. The Morgan fingerprint density at radius 2 is 1.60 bits per heavy atom. The first-order chi connectivity index (χ1) is 18.8. The highest BCUT2D eigenvalue weighted by Crippen LogP contribution is 2.35. The van der Waals surface area contributed by atoms with Gasteiger partial charge in [0, 0.05) is 32.7 Å². The zero-order valence-corrected chi connectivity index (χ0v) is 26.2.